The van der Waals surface area contributed by atoms with Crippen LogP contribution in [0.15, 0.2) is 30.3 Å². The molecule has 0 saturated carbocycles. The third-order valence-corrected chi connectivity index (χ3v) is 4.29. The van der Waals surface area contributed by atoms with Crippen LogP contribution in [-0.4, -0.2) is 7.11 Å². The van der Waals surface area contributed by atoms with Crippen LogP contribution in [0, 0.1) is 13.8 Å². The lowest BCUT2D eigenvalue weighted by Crippen LogP contribution is -2.14. The molecule has 0 aromatic heterocycles. The van der Waals surface area contributed by atoms with Crippen LogP contribution < -0.4 is 10.5 Å². The minimum atomic E-state index is -0.306. The second-order valence-corrected chi connectivity index (χ2v) is 5.60. The smallest absolute Gasteiger partial charge is 0.127 e. The van der Waals surface area contributed by atoms with Crippen LogP contribution in [0.3, 0.4) is 0 Å². The van der Waals surface area contributed by atoms with Crippen molar-refractivity contribution >= 4 is 23.2 Å². The van der Waals surface area contributed by atoms with Gasteiger partial charge < -0.3 is 10.5 Å². The standard InChI is InChI=1S/C16H17Cl2NO/c1-9-4-6-12(16(20-3)10(9)2)15(19)11-5-7-13(17)14(18)8-11/h4-8,15H,19H2,1-3H3. The second kappa shape index (κ2) is 6.04. The molecule has 20 heavy (non-hydrogen) atoms. The molecule has 0 aliphatic rings. The van der Waals surface area contributed by atoms with E-state index in [0.29, 0.717) is 10.0 Å². The highest BCUT2D eigenvalue weighted by molar-refractivity contribution is 6.42. The van der Waals surface area contributed by atoms with Crippen LogP contribution in [0.1, 0.15) is 28.3 Å². The monoisotopic (exact) mass is 309 g/mol. The average Bonchev–Trinajstić information content (AvgIpc) is 2.44. The van der Waals surface area contributed by atoms with Crippen molar-refractivity contribution in [2.45, 2.75) is 19.9 Å². The van der Waals surface area contributed by atoms with E-state index in [1.54, 1.807) is 19.2 Å². The summed E-state index contributed by atoms with van der Waals surface area (Å²) in [5.41, 5.74) is 10.5. The van der Waals surface area contributed by atoms with Gasteiger partial charge in [0.1, 0.15) is 5.75 Å². The van der Waals surface area contributed by atoms with Crippen molar-refractivity contribution in [3.05, 3.63) is 62.6 Å². The van der Waals surface area contributed by atoms with Gasteiger partial charge >= 0.3 is 0 Å². The fourth-order valence-corrected chi connectivity index (χ4v) is 2.52. The summed E-state index contributed by atoms with van der Waals surface area (Å²) >= 11 is 12.0. The Morgan fingerprint density at radius 3 is 2.35 bits per heavy atom. The van der Waals surface area contributed by atoms with Crippen LogP contribution in [0.2, 0.25) is 10.0 Å². The zero-order chi connectivity index (χ0) is 14.9. The van der Waals surface area contributed by atoms with Crippen LogP contribution in [0.25, 0.3) is 0 Å². The fourth-order valence-electron chi connectivity index (χ4n) is 2.21. The topological polar surface area (TPSA) is 35.2 Å². The third-order valence-electron chi connectivity index (χ3n) is 3.55. The van der Waals surface area contributed by atoms with Gasteiger partial charge in [-0.05, 0) is 42.7 Å². The van der Waals surface area contributed by atoms with Gasteiger partial charge in [-0.15, -0.1) is 0 Å². The van der Waals surface area contributed by atoms with E-state index in [4.69, 9.17) is 33.7 Å². The van der Waals surface area contributed by atoms with Crippen LogP contribution >= 0.6 is 23.2 Å². The minimum Gasteiger partial charge on any atom is -0.496 e. The first-order chi connectivity index (χ1) is 9.45. The molecule has 1 unspecified atom stereocenters. The summed E-state index contributed by atoms with van der Waals surface area (Å²) in [4.78, 5) is 0. The maximum atomic E-state index is 6.35. The molecule has 1 atom stereocenters. The number of nitrogens with two attached hydrogens (primary N) is 1. The van der Waals surface area contributed by atoms with Crippen LogP contribution in [-0.2, 0) is 0 Å². The predicted molar refractivity (Wildman–Crippen MR) is 85.0 cm³/mol. The molecule has 2 nitrogen and oxygen atoms in total. The Hall–Kier alpha value is -1.22. The molecule has 0 heterocycles. The summed E-state index contributed by atoms with van der Waals surface area (Å²) in [6.45, 7) is 4.07. The molecule has 0 spiro atoms. The van der Waals surface area contributed by atoms with E-state index in [9.17, 15) is 0 Å². The number of hydrogen-bond donors (Lipinski definition) is 1. The minimum absolute atomic E-state index is 0.306. The molecule has 0 fully saturated rings. The van der Waals surface area contributed by atoms with Crippen molar-refractivity contribution in [2.75, 3.05) is 7.11 Å². The van der Waals surface area contributed by atoms with Gasteiger partial charge in [0.2, 0.25) is 0 Å². The lowest BCUT2D eigenvalue weighted by molar-refractivity contribution is 0.404. The predicted octanol–water partition coefficient (Wildman–Crippen LogP) is 4.67. The van der Waals surface area contributed by atoms with E-state index in [2.05, 4.69) is 0 Å². The van der Waals surface area contributed by atoms with Crippen molar-refractivity contribution in [2.24, 2.45) is 5.73 Å². The molecule has 0 aliphatic heterocycles. The number of aryl methyl sites for hydroxylation is 1. The molecule has 2 rings (SSSR count). The first kappa shape index (κ1) is 15.2. The Morgan fingerprint density at radius 2 is 1.75 bits per heavy atom. The Kier molecular flexibility index (Phi) is 4.59. The molecular formula is C16H17Cl2NO. The summed E-state index contributed by atoms with van der Waals surface area (Å²) in [5, 5.41) is 1.03. The van der Waals surface area contributed by atoms with Crippen molar-refractivity contribution in [1.29, 1.82) is 0 Å². The Labute approximate surface area is 129 Å². The Balaban J connectivity index is 2.50. The third kappa shape index (κ3) is 2.78. The Bertz CT molecular complexity index is 641. The normalized spacial score (nSPS) is 12.3. The van der Waals surface area contributed by atoms with Crippen molar-refractivity contribution in [3.63, 3.8) is 0 Å². The largest absolute Gasteiger partial charge is 0.496 e. The molecule has 2 N–H and O–H groups in total. The van der Waals surface area contributed by atoms with Crippen molar-refractivity contribution < 1.29 is 4.74 Å². The summed E-state index contributed by atoms with van der Waals surface area (Å²) in [7, 11) is 1.66. The van der Waals surface area contributed by atoms with E-state index in [0.717, 1.165) is 22.4 Å². The summed E-state index contributed by atoms with van der Waals surface area (Å²) in [6, 6.07) is 9.17. The highest BCUT2D eigenvalue weighted by Gasteiger charge is 2.17. The molecule has 0 bridgehead atoms. The number of methoxy groups -OCH3 is 1. The number of benzene rings is 2. The van der Waals surface area contributed by atoms with Gasteiger partial charge in [-0.3, -0.25) is 0 Å². The lowest BCUT2D eigenvalue weighted by Gasteiger charge is -2.19. The van der Waals surface area contributed by atoms with E-state index < -0.39 is 0 Å². The number of rotatable bonds is 3. The zero-order valence-electron chi connectivity index (χ0n) is 11.7. The zero-order valence-corrected chi connectivity index (χ0v) is 13.2. The molecule has 0 radical (unpaired) electrons. The summed E-state index contributed by atoms with van der Waals surface area (Å²) in [5.74, 6) is 0.823. The van der Waals surface area contributed by atoms with Crippen LogP contribution in [0.5, 0.6) is 5.75 Å². The van der Waals surface area contributed by atoms with Gasteiger partial charge in [0.15, 0.2) is 0 Å². The first-order valence-electron chi connectivity index (χ1n) is 6.30. The number of hydrogen-bond acceptors (Lipinski definition) is 2. The fraction of sp³-hybridized carbons (Fsp3) is 0.250. The van der Waals surface area contributed by atoms with Crippen molar-refractivity contribution in [1.82, 2.24) is 0 Å². The van der Waals surface area contributed by atoms with E-state index >= 15 is 0 Å². The number of ether oxygens (including phenoxy) is 1. The van der Waals surface area contributed by atoms with Gasteiger partial charge in [0.05, 0.1) is 23.2 Å². The van der Waals surface area contributed by atoms with Gasteiger partial charge in [-0.25, -0.2) is 0 Å². The van der Waals surface area contributed by atoms with Crippen LogP contribution in [0.4, 0.5) is 0 Å². The van der Waals surface area contributed by atoms with E-state index in [1.165, 1.54) is 5.56 Å². The van der Waals surface area contributed by atoms with Gasteiger partial charge in [-0.1, -0.05) is 41.4 Å². The molecule has 2 aromatic carbocycles. The van der Waals surface area contributed by atoms with Gasteiger partial charge in [0.25, 0.3) is 0 Å². The van der Waals surface area contributed by atoms with E-state index in [-0.39, 0.29) is 6.04 Å². The lowest BCUT2D eigenvalue weighted by atomic mass is 9.95. The molecular weight excluding hydrogens is 293 g/mol. The SMILES string of the molecule is COc1c(C(N)c2ccc(Cl)c(Cl)c2)ccc(C)c1C. The molecule has 2 aromatic rings. The molecule has 0 aliphatic carbocycles. The highest BCUT2D eigenvalue weighted by atomic mass is 35.5. The maximum Gasteiger partial charge on any atom is 0.127 e. The summed E-state index contributed by atoms with van der Waals surface area (Å²) in [6.07, 6.45) is 0. The molecule has 4 heteroatoms. The molecule has 0 amide bonds. The molecule has 0 saturated heterocycles. The highest BCUT2D eigenvalue weighted by Crippen LogP contribution is 2.34. The summed E-state index contributed by atoms with van der Waals surface area (Å²) < 4.78 is 5.51. The van der Waals surface area contributed by atoms with Gasteiger partial charge in [-0.2, -0.15) is 0 Å². The first-order valence-corrected chi connectivity index (χ1v) is 7.06. The van der Waals surface area contributed by atoms with Gasteiger partial charge in [0, 0.05) is 5.56 Å². The van der Waals surface area contributed by atoms with E-state index in [1.807, 2.05) is 32.0 Å². The second-order valence-electron chi connectivity index (χ2n) is 4.78. The quantitative estimate of drug-likeness (QED) is 0.894. The average molecular weight is 310 g/mol. The van der Waals surface area contributed by atoms with Crippen molar-refractivity contribution in [3.8, 4) is 5.75 Å². The number of halogens is 2. The Morgan fingerprint density at radius 1 is 1.05 bits per heavy atom. The molecule has 106 valence electrons. The maximum absolute atomic E-state index is 6.35.